The summed E-state index contributed by atoms with van der Waals surface area (Å²) in [5.41, 5.74) is 0.432. The summed E-state index contributed by atoms with van der Waals surface area (Å²) in [6, 6.07) is 3.44. The first-order valence-electron chi connectivity index (χ1n) is 4.90. The van der Waals surface area contributed by atoms with Crippen molar-refractivity contribution in [3.05, 3.63) is 36.0 Å². The van der Waals surface area contributed by atoms with Crippen molar-refractivity contribution in [1.82, 2.24) is 9.55 Å². The molecule has 0 spiro atoms. The number of rotatable bonds is 4. The zero-order chi connectivity index (χ0) is 12.5. The van der Waals surface area contributed by atoms with E-state index in [2.05, 4.69) is 4.98 Å². The van der Waals surface area contributed by atoms with E-state index in [-0.39, 0.29) is 18.3 Å². The molecule has 0 fully saturated rings. The van der Waals surface area contributed by atoms with Crippen molar-refractivity contribution in [3.8, 4) is 0 Å². The molecule has 0 radical (unpaired) electrons. The van der Waals surface area contributed by atoms with Gasteiger partial charge in [-0.1, -0.05) is 0 Å². The Morgan fingerprint density at radius 2 is 2.29 bits per heavy atom. The zero-order valence-corrected chi connectivity index (χ0v) is 10.0. The van der Waals surface area contributed by atoms with Gasteiger partial charge in [-0.05, 0) is 12.1 Å². The summed E-state index contributed by atoms with van der Waals surface area (Å²) in [7, 11) is -3.43. The second-order valence-corrected chi connectivity index (χ2v) is 5.54. The molecule has 0 unspecified atom stereocenters. The van der Waals surface area contributed by atoms with E-state index in [1.165, 1.54) is 17.0 Å². The number of furan rings is 1. The first-order valence-corrected chi connectivity index (χ1v) is 6.79. The number of hydrogen-bond acceptors (Lipinski definition) is 5. The van der Waals surface area contributed by atoms with Crippen LogP contribution in [0.15, 0.2) is 34.2 Å². The summed E-state index contributed by atoms with van der Waals surface area (Å²) < 4.78 is 29.6. The van der Waals surface area contributed by atoms with E-state index in [1.807, 2.05) is 0 Å². The third kappa shape index (κ3) is 2.40. The molecule has 7 heteroatoms. The van der Waals surface area contributed by atoms with Crippen LogP contribution < -0.4 is 0 Å². The lowest BCUT2D eigenvalue weighted by molar-refractivity contribution is 0.269. The van der Waals surface area contributed by atoms with Gasteiger partial charge in [0.1, 0.15) is 5.76 Å². The Hall–Kier alpha value is -1.60. The van der Waals surface area contributed by atoms with Gasteiger partial charge in [-0.3, -0.25) is 0 Å². The van der Waals surface area contributed by atoms with E-state index in [1.54, 1.807) is 12.1 Å². The number of aliphatic hydroxyl groups excluding tert-OH is 1. The quantitative estimate of drug-likeness (QED) is 0.856. The van der Waals surface area contributed by atoms with Crippen molar-refractivity contribution in [2.24, 2.45) is 0 Å². The lowest BCUT2D eigenvalue weighted by Crippen LogP contribution is -2.12. The molecule has 0 aliphatic carbocycles. The summed E-state index contributed by atoms with van der Waals surface area (Å²) in [5, 5.41) is 9.07. The fourth-order valence-corrected chi connectivity index (χ4v) is 2.37. The molecule has 0 aliphatic heterocycles. The largest absolute Gasteiger partial charge is 0.467 e. The van der Waals surface area contributed by atoms with Gasteiger partial charge in [0, 0.05) is 6.26 Å². The maximum atomic E-state index is 11.5. The molecule has 17 heavy (non-hydrogen) atoms. The Labute approximate surface area is 98.4 Å². The van der Waals surface area contributed by atoms with Crippen LogP contribution in [0.3, 0.4) is 0 Å². The lowest BCUT2D eigenvalue weighted by atomic mass is 10.4. The van der Waals surface area contributed by atoms with Gasteiger partial charge in [-0.25, -0.2) is 13.4 Å². The minimum absolute atomic E-state index is 0.0713. The third-order valence-corrected chi connectivity index (χ3v) is 3.28. The maximum absolute atomic E-state index is 11.5. The van der Waals surface area contributed by atoms with E-state index in [4.69, 9.17) is 9.52 Å². The summed E-state index contributed by atoms with van der Waals surface area (Å²) in [6.07, 6.45) is 3.93. The normalized spacial score (nSPS) is 11.9. The molecular formula is C10H12N2O4S. The minimum atomic E-state index is -3.43. The van der Waals surface area contributed by atoms with Gasteiger partial charge < -0.3 is 14.1 Å². The zero-order valence-electron chi connectivity index (χ0n) is 9.20. The van der Waals surface area contributed by atoms with Crippen LogP contribution in [-0.4, -0.2) is 29.3 Å². The minimum Gasteiger partial charge on any atom is -0.467 e. The van der Waals surface area contributed by atoms with Crippen molar-refractivity contribution in [3.63, 3.8) is 0 Å². The second-order valence-electron chi connectivity index (χ2n) is 3.63. The molecule has 0 amide bonds. The van der Waals surface area contributed by atoms with Gasteiger partial charge in [0.2, 0.25) is 15.0 Å². The van der Waals surface area contributed by atoms with Crippen LogP contribution in [0.5, 0.6) is 0 Å². The highest BCUT2D eigenvalue weighted by Crippen LogP contribution is 2.14. The average molecular weight is 256 g/mol. The number of sulfone groups is 1. The smallest absolute Gasteiger partial charge is 0.228 e. The highest BCUT2D eigenvalue weighted by Gasteiger charge is 2.19. The molecule has 2 rings (SSSR count). The highest BCUT2D eigenvalue weighted by atomic mass is 32.2. The molecule has 0 aliphatic rings. The second kappa shape index (κ2) is 4.34. The Morgan fingerprint density at radius 3 is 2.82 bits per heavy atom. The van der Waals surface area contributed by atoms with Crippen molar-refractivity contribution in [1.29, 1.82) is 0 Å². The molecule has 2 heterocycles. The first kappa shape index (κ1) is 11.9. The van der Waals surface area contributed by atoms with Gasteiger partial charge in [0.25, 0.3) is 0 Å². The number of hydrogen-bond donors (Lipinski definition) is 1. The van der Waals surface area contributed by atoms with Gasteiger partial charge in [-0.15, -0.1) is 0 Å². The van der Waals surface area contributed by atoms with Crippen LogP contribution in [0.1, 0.15) is 11.5 Å². The Bertz CT molecular complexity index is 598. The van der Waals surface area contributed by atoms with Crippen LogP contribution in [0.25, 0.3) is 0 Å². The molecule has 2 aromatic rings. The van der Waals surface area contributed by atoms with Crippen molar-refractivity contribution in [2.75, 3.05) is 6.26 Å². The van der Waals surface area contributed by atoms with Crippen LogP contribution in [0, 0.1) is 0 Å². The number of nitrogens with zero attached hydrogens (tertiary/aromatic N) is 2. The standard InChI is InChI=1S/C10H12N2O4S/c1-17(14,15)10-11-5-8(7-13)12(10)6-9-3-2-4-16-9/h2-5,13H,6-7H2,1H3. The molecule has 92 valence electrons. The van der Waals surface area contributed by atoms with Crippen molar-refractivity contribution >= 4 is 9.84 Å². The summed E-state index contributed by atoms with van der Waals surface area (Å²) in [5.74, 6) is 0.600. The Morgan fingerprint density at radius 1 is 1.53 bits per heavy atom. The van der Waals surface area contributed by atoms with E-state index in [9.17, 15) is 8.42 Å². The van der Waals surface area contributed by atoms with Crippen LogP contribution in [-0.2, 0) is 23.0 Å². The topological polar surface area (TPSA) is 85.3 Å². The maximum Gasteiger partial charge on any atom is 0.228 e. The van der Waals surface area contributed by atoms with Gasteiger partial charge >= 0.3 is 0 Å². The molecule has 0 saturated heterocycles. The van der Waals surface area contributed by atoms with E-state index in [0.29, 0.717) is 11.5 Å². The Balaban J connectivity index is 2.46. The summed E-state index contributed by atoms with van der Waals surface area (Å²) in [4.78, 5) is 3.81. The SMILES string of the molecule is CS(=O)(=O)c1ncc(CO)n1Cc1ccco1. The van der Waals surface area contributed by atoms with Gasteiger partial charge in [-0.2, -0.15) is 0 Å². The number of aromatic nitrogens is 2. The van der Waals surface area contributed by atoms with Crippen LogP contribution >= 0.6 is 0 Å². The molecular weight excluding hydrogens is 244 g/mol. The molecule has 1 N–H and O–H groups in total. The van der Waals surface area contributed by atoms with E-state index in [0.717, 1.165) is 6.26 Å². The first-order chi connectivity index (χ1) is 8.02. The predicted molar refractivity (Wildman–Crippen MR) is 59.1 cm³/mol. The lowest BCUT2D eigenvalue weighted by Gasteiger charge is -2.07. The van der Waals surface area contributed by atoms with Crippen molar-refractivity contribution < 1.29 is 17.9 Å². The molecule has 0 aromatic carbocycles. The molecule has 0 saturated carbocycles. The van der Waals surface area contributed by atoms with Crippen LogP contribution in [0.2, 0.25) is 0 Å². The fraction of sp³-hybridized carbons (Fsp3) is 0.300. The van der Waals surface area contributed by atoms with E-state index >= 15 is 0 Å². The van der Waals surface area contributed by atoms with Crippen molar-refractivity contribution in [2.45, 2.75) is 18.3 Å². The molecule has 0 bridgehead atoms. The summed E-state index contributed by atoms with van der Waals surface area (Å²) in [6.45, 7) is -0.0471. The molecule has 6 nitrogen and oxygen atoms in total. The predicted octanol–water partition coefficient (Wildman–Crippen LogP) is 0.420. The van der Waals surface area contributed by atoms with Gasteiger partial charge in [0.05, 0.1) is 31.3 Å². The fourth-order valence-electron chi connectivity index (χ4n) is 1.54. The third-order valence-electron chi connectivity index (χ3n) is 2.29. The highest BCUT2D eigenvalue weighted by molar-refractivity contribution is 7.90. The Kier molecular flexibility index (Phi) is 3.03. The monoisotopic (exact) mass is 256 g/mol. The number of aliphatic hydroxyl groups is 1. The van der Waals surface area contributed by atoms with E-state index < -0.39 is 9.84 Å². The van der Waals surface area contributed by atoms with Crippen LogP contribution in [0.4, 0.5) is 0 Å². The average Bonchev–Trinajstić information content (AvgIpc) is 2.86. The van der Waals surface area contributed by atoms with Gasteiger partial charge in [0.15, 0.2) is 0 Å². The molecule has 2 aromatic heterocycles. The summed E-state index contributed by atoms with van der Waals surface area (Å²) >= 11 is 0. The molecule has 0 atom stereocenters. The number of imidazole rings is 1.